The van der Waals surface area contributed by atoms with Crippen LogP contribution in [0.15, 0.2) is 152 Å². The first-order valence-electron chi connectivity index (χ1n) is 16.8. The minimum Gasteiger partial charge on any atom is -0.456 e. The number of benzene rings is 9. The Morgan fingerprint density at radius 2 is 1.00 bits per heavy atom. The Morgan fingerprint density at radius 1 is 0.380 bits per heavy atom. The molecule has 0 saturated heterocycles. The van der Waals surface area contributed by atoms with Gasteiger partial charge in [0, 0.05) is 21.9 Å². The van der Waals surface area contributed by atoms with Crippen LogP contribution >= 0.6 is 0 Å². The number of nitrogens with zero attached hydrogens (tertiary/aromatic N) is 1. The van der Waals surface area contributed by atoms with E-state index in [1.165, 1.54) is 10.9 Å². The molecule has 0 aromatic heterocycles. The smallest absolute Gasteiger partial charge is 0.135 e. The van der Waals surface area contributed by atoms with E-state index in [9.17, 15) is 5.26 Å². The van der Waals surface area contributed by atoms with Crippen LogP contribution < -0.4 is 9.47 Å². The first-order chi connectivity index (χ1) is 24.7. The highest BCUT2D eigenvalue weighted by molar-refractivity contribution is 6.25. The van der Waals surface area contributed by atoms with E-state index >= 15 is 0 Å². The van der Waals surface area contributed by atoms with Crippen molar-refractivity contribution >= 4 is 43.1 Å². The molecule has 9 aromatic rings. The lowest BCUT2D eigenvalue weighted by molar-refractivity contribution is 0.487. The lowest BCUT2D eigenvalue weighted by atomic mass is 9.83. The molecule has 0 N–H and O–H groups in total. The molecule has 11 rings (SSSR count). The summed E-state index contributed by atoms with van der Waals surface area (Å²) in [5.74, 6) is 3.44. The Hall–Kier alpha value is -6.89. The summed E-state index contributed by atoms with van der Waals surface area (Å²) in [6.45, 7) is 0. The van der Waals surface area contributed by atoms with Gasteiger partial charge in [-0.1, -0.05) is 103 Å². The Balaban J connectivity index is 1.21. The van der Waals surface area contributed by atoms with E-state index in [1.807, 2.05) is 30.3 Å². The molecule has 3 nitrogen and oxygen atoms in total. The summed E-state index contributed by atoms with van der Waals surface area (Å²) >= 11 is 0. The molecular weight excluding hydrogens is 611 g/mol. The minimum absolute atomic E-state index is 0.624. The van der Waals surface area contributed by atoms with Gasteiger partial charge in [-0.25, -0.2) is 0 Å². The highest BCUT2D eigenvalue weighted by atomic mass is 16.5. The van der Waals surface area contributed by atoms with Crippen LogP contribution in [0.5, 0.6) is 23.0 Å². The molecule has 0 saturated carbocycles. The maximum absolute atomic E-state index is 10.1. The molecule has 230 valence electrons. The van der Waals surface area contributed by atoms with Crippen LogP contribution in [0.2, 0.25) is 0 Å². The number of rotatable bonds is 2. The molecule has 9 aromatic carbocycles. The van der Waals surface area contributed by atoms with Gasteiger partial charge in [0.05, 0.1) is 11.6 Å². The van der Waals surface area contributed by atoms with Crippen LogP contribution in [0, 0.1) is 11.3 Å². The molecular formula is C47H25NO2. The van der Waals surface area contributed by atoms with Crippen LogP contribution in [0.25, 0.3) is 87.6 Å². The van der Waals surface area contributed by atoms with E-state index in [-0.39, 0.29) is 0 Å². The zero-order valence-electron chi connectivity index (χ0n) is 26.7. The molecule has 0 bridgehead atoms. The van der Waals surface area contributed by atoms with Gasteiger partial charge in [-0.3, -0.25) is 0 Å². The van der Waals surface area contributed by atoms with Gasteiger partial charge in [-0.15, -0.1) is 0 Å². The van der Waals surface area contributed by atoms with Crippen molar-refractivity contribution in [2.24, 2.45) is 0 Å². The maximum atomic E-state index is 10.1. The third-order valence-electron chi connectivity index (χ3n) is 10.5. The summed E-state index contributed by atoms with van der Waals surface area (Å²) in [6, 6.07) is 55.4. The van der Waals surface area contributed by atoms with Gasteiger partial charge in [-0.05, 0) is 114 Å². The number of nitriles is 1. The number of ether oxygens (including phenoxy) is 2. The van der Waals surface area contributed by atoms with Crippen LogP contribution in [0.3, 0.4) is 0 Å². The average molecular weight is 636 g/mol. The van der Waals surface area contributed by atoms with Crippen LogP contribution in [-0.4, -0.2) is 0 Å². The molecule has 50 heavy (non-hydrogen) atoms. The van der Waals surface area contributed by atoms with E-state index in [2.05, 4.69) is 127 Å². The zero-order chi connectivity index (χ0) is 32.9. The van der Waals surface area contributed by atoms with Gasteiger partial charge in [0.25, 0.3) is 0 Å². The Labute approximate surface area is 287 Å². The molecule has 2 aliphatic heterocycles. The molecule has 2 aliphatic rings. The molecule has 0 radical (unpaired) electrons. The lowest BCUT2D eigenvalue weighted by Crippen LogP contribution is -1.99. The molecule has 0 spiro atoms. The van der Waals surface area contributed by atoms with Crippen LogP contribution in [-0.2, 0) is 0 Å². The van der Waals surface area contributed by atoms with Gasteiger partial charge in [0.1, 0.15) is 23.0 Å². The van der Waals surface area contributed by atoms with Crippen LogP contribution in [0.4, 0.5) is 0 Å². The number of hydrogen-bond donors (Lipinski definition) is 0. The highest BCUT2D eigenvalue weighted by Crippen LogP contribution is 2.53. The lowest BCUT2D eigenvalue weighted by Gasteiger charge is -2.24. The fourth-order valence-corrected chi connectivity index (χ4v) is 8.37. The third kappa shape index (κ3) is 3.68. The van der Waals surface area contributed by atoms with Crippen molar-refractivity contribution in [2.75, 3.05) is 0 Å². The zero-order valence-corrected chi connectivity index (χ0v) is 26.7. The molecule has 3 heteroatoms. The molecule has 0 fully saturated rings. The SMILES string of the molecule is N#Cc1ccc2c(-c3ccc4c(c3)Oc3cccc5cccc-4c35)c3ccccc3c(-c3ccc4c5c(cccc35)-c3ccccc3O4)c2c1. The monoisotopic (exact) mass is 635 g/mol. The summed E-state index contributed by atoms with van der Waals surface area (Å²) in [5.41, 5.74) is 9.54. The second-order valence-corrected chi connectivity index (χ2v) is 13.1. The van der Waals surface area contributed by atoms with Crippen molar-refractivity contribution in [3.05, 3.63) is 157 Å². The van der Waals surface area contributed by atoms with Crippen molar-refractivity contribution < 1.29 is 9.47 Å². The minimum atomic E-state index is 0.624. The molecule has 0 unspecified atom stereocenters. The molecule has 0 atom stereocenters. The third-order valence-corrected chi connectivity index (χ3v) is 10.5. The summed E-state index contributed by atoms with van der Waals surface area (Å²) in [7, 11) is 0. The van der Waals surface area contributed by atoms with Gasteiger partial charge in [0.2, 0.25) is 0 Å². The summed E-state index contributed by atoms with van der Waals surface area (Å²) in [4.78, 5) is 0. The van der Waals surface area contributed by atoms with E-state index in [1.54, 1.807) is 0 Å². The Kier molecular flexibility index (Phi) is 5.45. The highest BCUT2D eigenvalue weighted by Gasteiger charge is 2.25. The number of fused-ring (bicyclic) bond motifs is 6. The quantitative estimate of drug-likeness (QED) is 0.178. The molecule has 0 aliphatic carbocycles. The number of para-hydroxylation sites is 1. The van der Waals surface area contributed by atoms with E-state index in [0.717, 1.165) is 99.6 Å². The summed E-state index contributed by atoms with van der Waals surface area (Å²) < 4.78 is 13.1. The topological polar surface area (TPSA) is 42.2 Å². The standard InChI is InChI=1S/C47H25NO2/c48-26-27-18-20-38-39(24-27)46(37-22-23-42-47-33(14-7-15-36(37)47)30-10-3-4-16-40(30)49-42)35-12-2-1-11-34(35)44(38)29-19-21-31-32-13-5-8-28-9-6-17-41(45(28)32)50-43(31)25-29/h1-25H. The number of hydrogen-bond acceptors (Lipinski definition) is 3. The fourth-order valence-electron chi connectivity index (χ4n) is 8.37. The van der Waals surface area contributed by atoms with Gasteiger partial charge >= 0.3 is 0 Å². The second-order valence-electron chi connectivity index (χ2n) is 13.1. The average Bonchev–Trinajstić information content (AvgIpc) is 3.17. The van der Waals surface area contributed by atoms with Gasteiger partial charge < -0.3 is 9.47 Å². The van der Waals surface area contributed by atoms with Crippen molar-refractivity contribution in [3.8, 4) is 73.6 Å². The maximum Gasteiger partial charge on any atom is 0.135 e. The van der Waals surface area contributed by atoms with E-state index < -0.39 is 0 Å². The Morgan fingerprint density at radius 3 is 1.88 bits per heavy atom. The van der Waals surface area contributed by atoms with Crippen molar-refractivity contribution in [1.29, 1.82) is 5.26 Å². The van der Waals surface area contributed by atoms with Gasteiger partial charge in [0.15, 0.2) is 0 Å². The first kappa shape index (κ1) is 27.1. The fraction of sp³-hybridized carbons (Fsp3) is 0. The Bertz CT molecular complexity index is 3000. The summed E-state index contributed by atoms with van der Waals surface area (Å²) in [5, 5.41) is 19.0. The van der Waals surface area contributed by atoms with Crippen LogP contribution in [0.1, 0.15) is 5.56 Å². The predicted molar refractivity (Wildman–Crippen MR) is 203 cm³/mol. The van der Waals surface area contributed by atoms with E-state index in [4.69, 9.17) is 9.47 Å². The molecule has 2 heterocycles. The van der Waals surface area contributed by atoms with Crippen molar-refractivity contribution in [2.45, 2.75) is 0 Å². The summed E-state index contributed by atoms with van der Waals surface area (Å²) in [6.07, 6.45) is 0. The molecule has 0 amide bonds. The van der Waals surface area contributed by atoms with Gasteiger partial charge in [-0.2, -0.15) is 5.26 Å². The van der Waals surface area contributed by atoms with Crippen molar-refractivity contribution in [3.63, 3.8) is 0 Å². The first-order valence-corrected chi connectivity index (χ1v) is 16.8. The van der Waals surface area contributed by atoms with E-state index in [0.29, 0.717) is 5.56 Å². The largest absolute Gasteiger partial charge is 0.456 e. The predicted octanol–water partition coefficient (Wildman–Crippen LogP) is 13.1. The van der Waals surface area contributed by atoms with Crippen molar-refractivity contribution in [1.82, 2.24) is 0 Å². The normalized spacial score (nSPS) is 12.3. The second kappa shape index (κ2) is 10.1.